The van der Waals surface area contributed by atoms with Gasteiger partial charge in [0.1, 0.15) is 0 Å². The summed E-state index contributed by atoms with van der Waals surface area (Å²) in [7, 11) is 1.66. The van der Waals surface area contributed by atoms with E-state index in [2.05, 4.69) is 35.1 Å². The lowest BCUT2D eigenvalue weighted by atomic mass is 10.1. The summed E-state index contributed by atoms with van der Waals surface area (Å²) in [5.41, 5.74) is 1.75. The molecule has 0 atom stereocenters. The fourth-order valence-electron chi connectivity index (χ4n) is 1.86. The van der Waals surface area contributed by atoms with Crippen molar-refractivity contribution in [3.63, 3.8) is 0 Å². The lowest BCUT2D eigenvalue weighted by molar-refractivity contribution is -0.133. The van der Waals surface area contributed by atoms with Crippen molar-refractivity contribution in [2.45, 2.75) is 33.6 Å². The molecule has 0 bridgehead atoms. The first kappa shape index (κ1) is 17.7. The molecule has 1 aromatic rings. The number of nitrogens with zero attached hydrogens (tertiary/aromatic N) is 1. The number of anilines is 1. The molecule has 2 amide bonds. The third kappa shape index (κ3) is 6.29. The summed E-state index contributed by atoms with van der Waals surface area (Å²) in [5.74, 6) is 0.314. The molecule has 0 spiro atoms. The quantitative estimate of drug-likeness (QED) is 0.848. The van der Waals surface area contributed by atoms with E-state index in [1.807, 2.05) is 25.1 Å². The van der Waals surface area contributed by atoms with Crippen molar-refractivity contribution in [1.29, 1.82) is 0 Å². The first-order chi connectivity index (χ1) is 9.79. The molecule has 0 saturated heterocycles. The van der Waals surface area contributed by atoms with Crippen molar-refractivity contribution in [3.8, 4) is 0 Å². The molecule has 0 aromatic heterocycles. The second-order valence-corrected chi connectivity index (χ2v) is 6.61. The topological polar surface area (TPSA) is 49.4 Å². The third-order valence-electron chi connectivity index (χ3n) is 3.20. The average molecular weight is 355 g/mol. The molecular formula is C16H23BrN2O2. The number of hydrogen-bond acceptors (Lipinski definition) is 2. The molecule has 0 heterocycles. The molecule has 1 aromatic carbocycles. The molecule has 0 aliphatic rings. The van der Waals surface area contributed by atoms with Crippen LogP contribution < -0.4 is 5.32 Å². The summed E-state index contributed by atoms with van der Waals surface area (Å²) < 4.78 is 0.971. The molecule has 1 rings (SSSR count). The summed E-state index contributed by atoms with van der Waals surface area (Å²) in [6.07, 6.45) is 1.33. The summed E-state index contributed by atoms with van der Waals surface area (Å²) in [6.45, 7) is 6.16. The minimum Gasteiger partial charge on any atom is -0.336 e. The smallest absolute Gasteiger partial charge is 0.243 e. The van der Waals surface area contributed by atoms with Crippen LogP contribution in [0.15, 0.2) is 22.7 Å². The van der Waals surface area contributed by atoms with Crippen LogP contribution in [-0.4, -0.2) is 30.3 Å². The molecule has 0 saturated carbocycles. The zero-order valence-electron chi connectivity index (χ0n) is 13.1. The van der Waals surface area contributed by atoms with Gasteiger partial charge in [-0.2, -0.15) is 0 Å². The maximum Gasteiger partial charge on any atom is 0.243 e. The highest BCUT2D eigenvalue weighted by molar-refractivity contribution is 9.10. The third-order valence-corrected chi connectivity index (χ3v) is 3.70. The number of carbonyl (C=O) groups excluding carboxylic acids is 2. The van der Waals surface area contributed by atoms with E-state index >= 15 is 0 Å². The number of nitrogens with one attached hydrogen (secondary N) is 1. The van der Waals surface area contributed by atoms with Gasteiger partial charge >= 0.3 is 0 Å². The fraction of sp³-hybridized carbons (Fsp3) is 0.500. The van der Waals surface area contributed by atoms with Crippen LogP contribution in [0, 0.1) is 12.8 Å². The van der Waals surface area contributed by atoms with E-state index in [0.717, 1.165) is 22.1 Å². The Morgan fingerprint density at radius 1 is 1.33 bits per heavy atom. The highest BCUT2D eigenvalue weighted by atomic mass is 79.9. The fourth-order valence-corrected chi connectivity index (χ4v) is 2.34. The van der Waals surface area contributed by atoms with E-state index in [0.29, 0.717) is 12.3 Å². The van der Waals surface area contributed by atoms with Gasteiger partial charge in [0.25, 0.3) is 0 Å². The van der Waals surface area contributed by atoms with Crippen LogP contribution in [-0.2, 0) is 9.59 Å². The van der Waals surface area contributed by atoms with E-state index < -0.39 is 0 Å². The molecule has 21 heavy (non-hydrogen) atoms. The molecule has 0 fully saturated rings. The SMILES string of the molecule is Cc1cc(Br)ccc1NC(=O)CN(C)C(=O)CCC(C)C. The van der Waals surface area contributed by atoms with Gasteiger partial charge in [0, 0.05) is 23.6 Å². The zero-order chi connectivity index (χ0) is 16.0. The summed E-state index contributed by atoms with van der Waals surface area (Å²) in [6, 6.07) is 5.66. The molecule has 0 unspecified atom stereocenters. The van der Waals surface area contributed by atoms with Crippen LogP contribution >= 0.6 is 15.9 Å². The maximum atomic E-state index is 12.0. The Kier molecular flexibility index (Phi) is 6.89. The van der Waals surface area contributed by atoms with E-state index in [1.54, 1.807) is 7.05 Å². The number of rotatable bonds is 6. The average Bonchev–Trinajstić information content (AvgIpc) is 2.39. The summed E-state index contributed by atoms with van der Waals surface area (Å²) in [5, 5.41) is 2.83. The number of amides is 2. The molecular weight excluding hydrogens is 332 g/mol. The molecule has 4 nitrogen and oxygen atoms in total. The standard InChI is InChI=1S/C16H23BrN2O2/c1-11(2)5-8-16(21)19(4)10-15(20)18-14-7-6-13(17)9-12(14)3/h6-7,9,11H,5,8,10H2,1-4H3,(H,18,20). The number of aryl methyl sites for hydroxylation is 1. The van der Waals surface area contributed by atoms with Gasteiger partial charge in [-0.3, -0.25) is 9.59 Å². The maximum absolute atomic E-state index is 12.0. The van der Waals surface area contributed by atoms with Crippen LogP contribution in [0.3, 0.4) is 0 Å². The number of hydrogen-bond donors (Lipinski definition) is 1. The number of benzene rings is 1. The van der Waals surface area contributed by atoms with E-state index in [-0.39, 0.29) is 18.4 Å². The highest BCUT2D eigenvalue weighted by Gasteiger charge is 2.14. The van der Waals surface area contributed by atoms with Gasteiger partial charge in [-0.05, 0) is 43.0 Å². The second-order valence-electron chi connectivity index (χ2n) is 5.69. The summed E-state index contributed by atoms with van der Waals surface area (Å²) >= 11 is 3.39. The van der Waals surface area contributed by atoms with Crippen LogP contribution in [0.2, 0.25) is 0 Å². The van der Waals surface area contributed by atoms with Gasteiger partial charge in [0.2, 0.25) is 11.8 Å². The molecule has 0 radical (unpaired) electrons. The number of likely N-dealkylation sites (N-methyl/N-ethyl adjacent to an activating group) is 1. The minimum absolute atomic E-state index is 0.00591. The largest absolute Gasteiger partial charge is 0.336 e. The molecule has 116 valence electrons. The minimum atomic E-state index is -0.180. The molecule has 0 aliphatic carbocycles. The normalized spacial score (nSPS) is 10.6. The van der Waals surface area contributed by atoms with E-state index in [1.165, 1.54) is 4.90 Å². The predicted molar refractivity (Wildman–Crippen MR) is 89.2 cm³/mol. The summed E-state index contributed by atoms with van der Waals surface area (Å²) in [4.78, 5) is 25.4. The van der Waals surface area contributed by atoms with Crippen molar-refractivity contribution in [3.05, 3.63) is 28.2 Å². The highest BCUT2D eigenvalue weighted by Crippen LogP contribution is 2.19. The van der Waals surface area contributed by atoms with Crippen molar-refractivity contribution >= 4 is 33.4 Å². The van der Waals surface area contributed by atoms with Crippen molar-refractivity contribution in [2.75, 3.05) is 18.9 Å². The van der Waals surface area contributed by atoms with Crippen LogP contribution in [0.25, 0.3) is 0 Å². The van der Waals surface area contributed by atoms with Crippen molar-refractivity contribution < 1.29 is 9.59 Å². The second kappa shape index (κ2) is 8.17. The lowest BCUT2D eigenvalue weighted by Crippen LogP contribution is -2.35. The van der Waals surface area contributed by atoms with Gasteiger partial charge < -0.3 is 10.2 Å². The lowest BCUT2D eigenvalue weighted by Gasteiger charge is -2.18. The number of carbonyl (C=O) groups is 2. The Morgan fingerprint density at radius 3 is 2.57 bits per heavy atom. The Labute approximate surface area is 135 Å². The molecule has 5 heteroatoms. The van der Waals surface area contributed by atoms with E-state index in [9.17, 15) is 9.59 Å². The molecule has 1 N–H and O–H groups in total. The Morgan fingerprint density at radius 2 is 2.00 bits per heavy atom. The van der Waals surface area contributed by atoms with Gasteiger partial charge in [-0.1, -0.05) is 29.8 Å². The number of halogens is 1. The Bertz CT molecular complexity index is 515. The van der Waals surface area contributed by atoms with Gasteiger partial charge in [0.05, 0.1) is 6.54 Å². The monoisotopic (exact) mass is 354 g/mol. The molecule has 0 aliphatic heterocycles. The van der Waals surface area contributed by atoms with Gasteiger partial charge in [0.15, 0.2) is 0 Å². The first-order valence-electron chi connectivity index (χ1n) is 7.09. The zero-order valence-corrected chi connectivity index (χ0v) is 14.7. The Hall–Kier alpha value is -1.36. The van der Waals surface area contributed by atoms with Gasteiger partial charge in [-0.25, -0.2) is 0 Å². The van der Waals surface area contributed by atoms with Crippen LogP contribution in [0.4, 0.5) is 5.69 Å². The Balaban J connectivity index is 2.51. The van der Waals surface area contributed by atoms with Gasteiger partial charge in [-0.15, -0.1) is 0 Å². The van der Waals surface area contributed by atoms with Crippen molar-refractivity contribution in [2.24, 2.45) is 5.92 Å². The predicted octanol–water partition coefficient (Wildman–Crippen LogP) is 3.59. The first-order valence-corrected chi connectivity index (χ1v) is 7.89. The van der Waals surface area contributed by atoms with Crippen LogP contribution in [0.5, 0.6) is 0 Å². The van der Waals surface area contributed by atoms with E-state index in [4.69, 9.17) is 0 Å². The van der Waals surface area contributed by atoms with Crippen molar-refractivity contribution in [1.82, 2.24) is 4.90 Å². The van der Waals surface area contributed by atoms with Crippen LogP contribution in [0.1, 0.15) is 32.3 Å².